The Hall–Kier alpha value is -1.06. The summed E-state index contributed by atoms with van der Waals surface area (Å²) in [6.07, 6.45) is 4.60. The van der Waals surface area contributed by atoms with Gasteiger partial charge in [-0.1, -0.05) is 26.7 Å². The average Bonchev–Trinajstić information content (AvgIpc) is 2.26. The Kier molecular flexibility index (Phi) is 3.69. The predicted molar refractivity (Wildman–Crippen MR) is 65.3 cm³/mol. The van der Waals surface area contributed by atoms with Gasteiger partial charge in [-0.05, 0) is 24.7 Å². The minimum absolute atomic E-state index is 0.00535. The first-order valence-electron chi connectivity index (χ1n) is 6.70. The standard InChI is InChI=1S/C13H22N2O2/c1-3-9(2)12-13(17)15(8-11(16)14-12)7-10-5-4-6-10/h9-10,12H,3-8H2,1-2H3,(H,14,16). The molecule has 2 fully saturated rings. The lowest BCUT2D eigenvalue weighted by atomic mass is 9.84. The van der Waals surface area contributed by atoms with Gasteiger partial charge in [-0.15, -0.1) is 0 Å². The van der Waals surface area contributed by atoms with E-state index < -0.39 is 0 Å². The number of piperazine rings is 1. The van der Waals surface area contributed by atoms with Crippen LogP contribution in [0.25, 0.3) is 0 Å². The SMILES string of the molecule is CCC(C)C1NC(=O)CN(CC2CCC2)C1=O. The number of hydrogen-bond acceptors (Lipinski definition) is 2. The first-order chi connectivity index (χ1) is 8.11. The number of rotatable bonds is 4. The third kappa shape index (κ3) is 2.61. The second-order valence-electron chi connectivity index (χ2n) is 5.45. The predicted octanol–water partition coefficient (Wildman–Crippen LogP) is 1.16. The van der Waals surface area contributed by atoms with Gasteiger partial charge in [-0.2, -0.15) is 0 Å². The summed E-state index contributed by atoms with van der Waals surface area (Å²) in [6, 6.07) is -0.304. The van der Waals surface area contributed by atoms with Gasteiger partial charge in [-0.3, -0.25) is 9.59 Å². The molecule has 1 aliphatic heterocycles. The molecule has 1 aliphatic carbocycles. The zero-order chi connectivity index (χ0) is 12.4. The van der Waals surface area contributed by atoms with Crippen molar-refractivity contribution in [3.05, 3.63) is 0 Å². The lowest BCUT2D eigenvalue weighted by Crippen LogP contribution is -2.61. The number of amides is 2. The highest BCUT2D eigenvalue weighted by atomic mass is 16.2. The first kappa shape index (κ1) is 12.4. The molecule has 1 N–H and O–H groups in total. The van der Waals surface area contributed by atoms with Crippen molar-refractivity contribution in [2.24, 2.45) is 11.8 Å². The normalized spacial score (nSPS) is 27.6. The number of nitrogens with one attached hydrogen (secondary N) is 1. The molecule has 0 aromatic rings. The van der Waals surface area contributed by atoms with Crippen LogP contribution >= 0.6 is 0 Å². The molecule has 2 aliphatic rings. The number of carbonyl (C=O) groups is 2. The molecule has 4 nitrogen and oxygen atoms in total. The summed E-state index contributed by atoms with van der Waals surface area (Å²) in [4.78, 5) is 25.7. The van der Waals surface area contributed by atoms with Gasteiger partial charge < -0.3 is 10.2 Å². The van der Waals surface area contributed by atoms with Crippen LogP contribution in [-0.4, -0.2) is 35.8 Å². The maximum atomic E-state index is 12.3. The van der Waals surface area contributed by atoms with E-state index in [2.05, 4.69) is 12.2 Å². The highest BCUT2D eigenvalue weighted by Gasteiger charge is 2.36. The zero-order valence-electron chi connectivity index (χ0n) is 10.7. The third-order valence-corrected chi connectivity index (χ3v) is 4.14. The fourth-order valence-electron chi connectivity index (χ4n) is 2.49. The molecular formula is C13H22N2O2. The van der Waals surface area contributed by atoms with Crippen molar-refractivity contribution in [2.75, 3.05) is 13.1 Å². The third-order valence-electron chi connectivity index (χ3n) is 4.14. The minimum Gasteiger partial charge on any atom is -0.342 e. The molecule has 4 heteroatoms. The van der Waals surface area contributed by atoms with Crippen LogP contribution in [0.1, 0.15) is 39.5 Å². The summed E-state index contributed by atoms with van der Waals surface area (Å²) in [5.41, 5.74) is 0. The quantitative estimate of drug-likeness (QED) is 0.799. The van der Waals surface area contributed by atoms with Gasteiger partial charge in [0.25, 0.3) is 0 Å². The van der Waals surface area contributed by atoms with Crippen LogP contribution in [0.4, 0.5) is 0 Å². The van der Waals surface area contributed by atoms with E-state index in [4.69, 9.17) is 0 Å². The van der Waals surface area contributed by atoms with Crippen LogP contribution in [-0.2, 0) is 9.59 Å². The van der Waals surface area contributed by atoms with E-state index in [1.165, 1.54) is 19.3 Å². The van der Waals surface area contributed by atoms with Crippen molar-refractivity contribution in [1.82, 2.24) is 10.2 Å². The summed E-state index contributed by atoms with van der Waals surface area (Å²) < 4.78 is 0. The van der Waals surface area contributed by atoms with Gasteiger partial charge >= 0.3 is 0 Å². The van der Waals surface area contributed by atoms with Gasteiger partial charge in [0.1, 0.15) is 6.04 Å². The van der Waals surface area contributed by atoms with E-state index in [9.17, 15) is 9.59 Å². The Labute approximate surface area is 103 Å². The molecule has 17 heavy (non-hydrogen) atoms. The molecule has 1 saturated heterocycles. The molecule has 96 valence electrons. The molecule has 2 unspecified atom stereocenters. The van der Waals surface area contributed by atoms with Gasteiger partial charge in [-0.25, -0.2) is 0 Å². The van der Waals surface area contributed by atoms with Crippen LogP contribution in [0.15, 0.2) is 0 Å². The van der Waals surface area contributed by atoms with Crippen LogP contribution in [0.5, 0.6) is 0 Å². The largest absolute Gasteiger partial charge is 0.342 e. The van der Waals surface area contributed by atoms with E-state index in [1.54, 1.807) is 4.90 Å². The molecule has 0 bridgehead atoms. The van der Waals surface area contributed by atoms with Crippen LogP contribution in [0.3, 0.4) is 0 Å². The van der Waals surface area contributed by atoms with Gasteiger partial charge in [0.2, 0.25) is 11.8 Å². The number of nitrogens with zero attached hydrogens (tertiary/aromatic N) is 1. The Morgan fingerprint density at radius 2 is 2.12 bits per heavy atom. The average molecular weight is 238 g/mol. The molecular weight excluding hydrogens is 216 g/mol. The fraction of sp³-hybridized carbons (Fsp3) is 0.846. The highest BCUT2D eigenvalue weighted by molar-refractivity contribution is 5.95. The van der Waals surface area contributed by atoms with Crippen LogP contribution in [0.2, 0.25) is 0 Å². The van der Waals surface area contributed by atoms with E-state index in [-0.39, 0.29) is 30.3 Å². The molecule has 1 heterocycles. The maximum absolute atomic E-state index is 12.3. The zero-order valence-corrected chi connectivity index (χ0v) is 10.7. The van der Waals surface area contributed by atoms with Crippen molar-refractivity contribution in [1.29, 1.82) is 0 Å². The van der Waals surface area contributed by atoms with Crippen molar-refractivity contribution in [3.63, 3.8) is 0 Å². The Morgan fingerprint density at radius 1 is 1.41 bits per heavy atom. The van der Waals surface area contributed by atoms with E-state index >= 15 is 0 Å². The Morgan fingerprint density at radius 3 is 2.65 bits per heavy atom. The van der Waals surface area contributed by atoms with Gasteiger partial charge in [0.05, 0.1) is 6.54 Å². The van der Waals surface area contributed by atoms with Crippen LogP contribution in [0, 0.1) is 11.8 Å². The van der Waals surface area contributed by atoms with E-state index in [0.717, 1.165) is 13.0 Å². The number of hydrogen-bond donors (Lipinski definition) is 1. The lowest BCUT2D eigenvalue weighted by Gasteiger charge is -2.38. The topological polar surface area (TPSA) is 49.4 Å². The van der Waals surface area contributed by atoms with E-state index in [1.807, 2.05) is 6.92 Å². The van der Waals surface area contributed by atoms with Crippen molar-refractivity contribution in [3.8, 4) is 0 Å². The molecule has 0 aromatic heterocycles. The molecule has 2 rings (SSSR count). The molecule has 1 saturated carbocycles. The fourth-order valence-corrected chi connectivity index (χ4v) is 2.49. The molecule has 2 atom stereocenters. The molecule has 0 radical (unpaired) electrons. The summed E-state index contributed by atoms with van der Waals surface area (Å²) in [6.45, 7) is 5.10. The minimum atomic E-state index is -0.304. The molecule has 0 spiro atoms. The highest BCUT2D eigenvalue weighted by Crippen LogP contribution is 2.28. The van der Waals surface area contributed by atoms with Crippen molar-refractivity contribution >= 4 is 11.8 Å². The second-order valence-corrected chi connectivity index (χ2v) is 5.45. The summed E-state index contributed by atoms with van der Waals surface area (Å²) >= 11 is 0. The first-order valence-corrected chi connectivity index (χ1v) is 6.70. The van der Waals surface area contributed by atoms with Gasteiger partial charge in [0.15, 0.2) is 0 Å². The molecule has 2 amide bonds. The van der Waals surface area contributed by atoms with Crippen molar-refractivity contribution in [2.45, 2.75) is 45.6 Å². The van der Waals surface area contributed by atoms with E-state index in [0.29, 0.717) is 5.92 Å². The summed E-state index contributed by atoms with van der Waals surface area (Å²) in [5, 5.41) is 2.83. The smallest absolute Gasteiger partial charge is 0.245 e. The summed E-state index contributed by atoms with van der Waals surface area (Å²) in [7, 11) is 0. The van der Waals surface area contributed by atoms with Gasteiger partial charge in [0, 0.05) is 6.54 Å². The Bertz CT molecular complexity index is 313. The number of carbonyl (C=O) groups excluding carboxylic acids is 2. The maximum Gasteiger partial charge on any atom is 0.245 e. The molecule has 0 aromatic carbocycles. The second kappa shape index (κ2) is 5.07. The van der Waals surface area contributed by atoms with Crippen LogP contribution < -0.4 is 5.32 Å². The monoisotopic (exact) mass is 238 g/mol. The summed E-state index contributed by atoms with van der Waals surface area (Å²) in [5.74, 6) is 0.957. The Balaban J connectivity index is 2.00. The lowest BCUT2D eigenvalue weighted by molar-refractivity contribution is -0.146. The van der Waals surface area contributed by atoms with Crippen molar-refractivity contribution < 1.29 is 9.59 Å².